The number of hydrogen-bond donors (Lipinski definition) is 2. The van der Waals surface area contributed by atoms with Crippen LogP contribution in [0.1, 0.15) is 66.8 Å². The number of carboxylic acids is 1. The van der Waals surface area contributed by atoms with Gasteiger partial charge in [-0.05, 0) is 67.3 Å². The molecule has 0 bridgehead atoms. The number of nitriles is 1. The van der Waals surface area contributed by atoms with Gasteiger partial charge in [0.2, 0.25) is 0 Å². The van der Waals surface area contributed by atoms with Crippen LogP contribution in [-0.4, -0.2) is 17.1 Å². The van der Waals surface area contributed by atoms with Crippen molar-refractivity contribution in [3.8, 4) is 6.07 Å². The number of nitrogens with one attached hydrogen (secondary N) is 1. The number of carboxylic acid groups (broad SMARTS) is 1. The summed E-state index contributed by atoms with van der Waals surface area (Å²) < 4.78 is 0. The van der Waals surface area contributed by atoms with E-state index in [0.29, 0.717) is 23.9 Å². The maximum atomic E-state index is 10.7. The molecule has 0 heterocycles. The number of aryl methyl sites for hydroxylation is 1. The Morgan fingerprint density at radius 3 is 2.74 bits per heavy atom. The van der Waals surface area contributed by atoms with Gasteiger partial charge in [0, 0.05) is 18.5 Å². The lowest BCUT2D eigenvalue weighted by atomic mass is 9.95. The van der Waals surface area contributed by atoms with Crippen molar-refractivity contribution in [3.05, 3.63) is 70.8 Å². The van der Waals surface area contributed by atoms with Gasteiger partial charge in [0.1, 0.15) is 0 Å². The topological polar surface area (TPSA) is 73.1 Å². The van der Waals surface area contributed by atoms with Gasteiger partial charge in [0.15, 0.2) is 0 Å². The molecule has 0 aliphatic heterocycles. The van der Waals surface area contributed by atoms with E-state index in [2.05, 4.69) is 48.6 Å². The Balaban J connectivity index is 1.55. The van der Waals surface area contributed by atoms with Gasteiger partial charge in [-0.2, -0.15) is 5.26 Å². The molecule has 0 unspecified atom stereocenters. The van der Waals surface area contributed by atoms with Gasteiger partial charge in [0.05, 0.1) is 11.6 Å². The summed E-state index contributed by atoms with van der Waals surface area (Å²) >= 11 is 0. The molecule has 1 aliphatic rings. The Kier molecular flexibility index (Phi) is 6.26. The molecule has 4 nitrogen and oxygen atoms in total. The largest absolute Gasteiger partial charge is 0.481 e. The molecule has 0 aromatic heterocycles. The molecule has 1 saturated carbocycles. The average molecular weight is 362 g/mol. The lowest BCUT2D eigenvalue weighted by Gasteiger charge is -2.20. The Bertz CT molecular complexity index is 823. The third-order valence-corrected chi connectivity index (χ3v) is 5.51. The van der Waals surface area contributed by atoms with E-state index in [0.717, 1.165) is 30.4 Å². The van der Waals surface area contributed by atoms with Gasteiger partial charge in [-0.25, -0.2) is 0 Å². The van der Waals surface area contributed by atoms with Gasteiger partial charge >= 0.3 is 5.97 Å². The quantitative estimate of drug-likeness (QED) is 0.757. The van der Waals surface area contributed by atoms with Gasteiger partial charge in [-0.3, -0.25) is 4.79 Å². The first-order chi connectivity index (χ1) is 13.0. The second-order valence-corrected chi connectivity index (χ2v) is 7.47. The van der Waals surface area contributed by atoms with Crippen LogP contribution in [0.3, 0.4) is 0 Å². The molecule has 140 valence electrons. The standard InChI is InChI=1S/C23H26N2O2/c1-16(20-4-2-3-18(13-20)15-24)25-22-11-10-21(14-22)19-8-5-17(6-9-19)7-12-23(26)27/h2-6,8-9,13,16,21-22,25H,7,10-12,14H2,1H3,(H,26,27)/t16-,21-,22-/m0/s1. The van der Waals surface area contributed by atoms with E-state index < -0.39 is 5.97 Å². The highest BCUT2D eigenvalue weighted by molar-refractivity contribution is 5.67. The minimum absolute atomic E-state index is 0.180. The smallest absolute Gasteiger partial charge is 0.303 e. The normalized spacial score (nSPS) is 20.1. The average Bonchev–Trinajstić information content (AvgIpc) is 3.15. The molecule has 0 radical (unpaired) electrons. The number of rotatable bonds is 7. The second kappa shape index (κ2) is 8.83. The number of benzene rings is 2. The predicted octanol–water partition coefficient (Wildman–Crippen LogP) is 4.56. The lowest BCUT2D eigenvalue weighted by Crippen LogP contribution is -2.29. The van der Waals surface area contributed by atoms with Crippen LogP contribution in [0.4, 0.5) is 0 Å². The molecule has 1 fully saturated rings. The fourth-order valence-electron chi connectivity index (χ4n) is 3.97. The molecule has 4 heteroatoms. The summed E-state index contributed by atoms with van der Waals surface area (Å²) in [5.74, 6) is -0.202. The zero-order valence-corrected chi connectivity index (χ0v) is 15.7. The van der Waals surface area contributed by atoms with Crippen LogP contribution >= 0.6 is 0 Å². The van der Waals surface area contributed by atoms with Crippen molar-refractivity contribution in [2.24, 2.45) is 0 Å². The molecule has 0 saturated heterocycles. The molecule has 3 atom stereocenters. The zero-order chi connectivity index (χ0) is 19.2. The molecular formula is C23H26N2O2. The summed E-state index contributed by atoms with van der Waals surface area (Å²) in [4.78, 5) is 10.7. The second-order valence-electron chi connectivity index (χ2n) is 7.47. The summed E-state index contributed by atoms with van der Waals surface area (Å²) in [5.41, 5.74) is 4.28. The van der Waals surface area contributed by atoms with Crippen LogP contribution in [0, 0.1) is 11.3 Å². The van der Waals surface area contributed by atoms with Crippen LogP contribution < -0.4 is 5.32 Å². The lowest BCUT2D eigenvalue weighted by molar-refractivity contribution is -0.136. The summed E-state index contributed by atoms with van der Waals surface area (Å²) in [6.07, 6.45) is 4.19. The zero-order valence-electron chi connectivity index (χ0n) is 15.7. The Labute approximate surface area is 160 Å². The van der Waals surface area contributed by atoms with Crippen molar-refractivity contribution < 1.29 is 9.90 Å². The molecule has 27 heavy (non-hydrogen) atoms. The number of carbonyl (C=O) groups is 1. The third kappa shape index (κ3) is 5.18. The van der Waals surface area contributed by atoms with Crippen molar-refractivity contribution in [1.82, 2.24) is 5.32 Å². The molecule has 3 rings (SSSR count). The van der Waals surface area contributed by atoms with E-state index in [1.54, 1.807) is 0 Å². The van der Waals surface area contributed by atoms with Crippen LogP contribution in [0.2, 0.25) is 0 Å². The summed E-state index contributed by atoms with van der Waals surface area (Å²) in [5, 5.41) is 21.6. The van der Waals surface area contributed by atoms with E-state index in [4.69, 9.17) is 10.4 Å². The van der Waals surface area contributed by atoms with Crippen LogP contribution in [0.15, 0.2) is 48.5 Å². The summed E-state index contributed by atoms with van der Waals surface area (Å²) in [6, 6.07) is 19.1. The molecule has 2 aromatic rings. The van der Waals surface area contributed by atoms with E-state index in [-0.39, 0.29) is 12.5 Å². The number of nitrogens with zero attached hydrogens (tertiary/aromatic N) is 1. The number of hydrogen-bond acceptors (Lipinski definition) is 3. The Hall–Kier alpha value is -2.64. The molecule has 2 N–H and O–H groups in total. The Morgan fingerprint density at radius 1 is 1.26 bits per heavy atom. The van der Waals surface area contributed by atoms with Crippen molar-refractivity contribution in [2.75, 3.05) is 0 Å². The van der Waals surface area contributed by atoms with Gasteiger partial charge in [0.25, 0.3) is 0 Å². The van der Waals surface area contributed by atoms with Crippen molar-refractivity contribution in [2.45, 2.75) is 57.0 Å². The third-order valence-electron chi connectivity index (χ3n) is 5.51. The first kappa shape index (κ1) is 19.1. The highest BCUT2D eigenvalue weighted by Gasteiger charge is 2.27. The minimum Gasteiger partial charge on any atom is -0.481 e. The van der Waals surface area contributed by atoms with E-state index >= 15 is 0 Å². The molecular weight excluding hydrogens is 336 g/mol. The van der Waals surface area contributed by atoms with Gasteiger partial charge < -0.3 is 10.4 Å². The van der Waals surface area contributed by atoms with Gasteiger partial charge in [-0.1, -0.05) is 36.4 Å². The van der Waals surface area contributed by atoms with E-state index in [1.165, 1.54) is 5.56 Å². The van der Waals surface area contributed by atoms with Gasteiger partial charge in [-0.15, -0.1) is 0 Å². The molecule has 1 aliphatic carbocycles. The fraction of sp³-hybridized carbons (Fsp3) is 0.391. The number of aliphatic carboxylic acids is 1. The predicted molar refractivity (Wildman–Crippen MR) is 105 cm³/mol. The van der Waals surface area contributed by atoms with E-state index in [1.807, 2.05) is 18.2 Å². The SMILES string of the molecule is C[C@H](N[C@H]1CC[C@H](c2ccc(CCC(=O)O)cc2)C1)c1cccc(C#N)c1. The first-order valence-electron chi connectivity index (χ1n) is 9.62. The fourth-order valence-corrected chi connectivity index (χ4v) is 3.97. The Morgan fingerprint density at radius 2 is 2.04 bits per heavy atom. The van der Waals surface area contributed by atoms with Crippen LogP contribution in [-0.2, 0) is 11.2 Å². The highest BCUT2D eigenvalue weighted by atomic mass is 16.4. The summed E-state index contributed by atoms with van der Waals surface area (Å²) in [7, 11) is 0. The van der Waals surface area contributed by atoms with Crippen LogP contribution in [0.5, 0.6) is 0 Å². The maximum absolute atomic E-state index is 10.7. The van der Waals surface area contributed by atoms with Crippen molar-refractivity contribution >= 4 is 5.97 Å². The van der Waals surface area contributed by atoms with Crippen molar-refractivity contribution in [1.29, 1.82) is 5.26 Å². The van der Waals surface area contributed by atoms with E-state index in [9.17, 15) is 4.79 Å². The van der Waals surface area contributed by atoms with Crippen LogP contribution in [0.25, 0.3) is 0 Å². The van der Waals surface area contributed by atoms with Crippen molar-refractivity contribution in [3.63, 3.8) is 0 Å². The molecule has 2 aromatic carbocycles. The maximum Gasteiger partial charge on any atom is 0.303 e. The first-order valence-corrected chi connectivity index (χ1v) is 9.62. The summed E-state index contributed by atoms with van der Waals surface area (Å²) in [6.45, 7) is 2.15. The minimum atomic E-state index is -0.752. The highest BCUT2D eigenvalue weighted by Crippen LogP contribution is 2.35. The monoisotopic (exact) mass is 362 g/mol. The molecule has 0 amide bonds. The molecule has 0 spiro atoms.